The van der Waals surface area contributed by atoms with E-state index in [1.54, 1.807) is 7.11 Å². The van der Waals surface area contributed by atoms with E-state index in [9.17, 15) is 8.42 Å². The molecular formula is C18H26N4O3S. The second-order valence-electron chi connectivity index (χ2n) is 6.76. The van der Waals surface area contributed by atoms with E-state index in [-0.39, 0.29) is 0 Å². The third-order valence-corrected chi connectivity index (χ3v) is 5.55. The number of ether oxygens (including phenoxy) is 1. The van der Waals surface area contributed by atoms with Crippen LogP contribution in [0.5, 0.6) is 5.75 Å². The number of piperidine rings is 1. The minimum Gasteiger partial charge on any atom is -0.497 e. The normalized spacial score (nSPS) is 17.0. The summed E-state index contributed by atoms with van der Waals surface area (Å²) in [5.41, 5.74) is 4.94. The molecule has 1 unspecified atom stereocenters. The lowest BCUT2D eigenvalue weighted by Crippen LogP contribution is -2.40. The van der Waals surface area contributed by atoms with Crippen LogP contribution < -0.4 is 19.9 Å². The molecular weight excluding hydrogens is 352 g/mol. The molecule has 1 aliphatic heterocycles. The van der Waals surface area contributed by atoms with Gasteiger partial charge in [-0.05, 0) is 42.9 Å². The van der Waals surface area contributed by atoms with E-state index in [1.807, 2.05) is 18.3 Å². The van der Waals surface area contributed by atoms with Crippen molar-refractivity contribution < 1.29 is 13.2 Å². The Bertz CT molecular complexity index is 811. The minimum absolute atomic E-state index is 0.415. The molecule has 0 spiro atoms. The fourth-order valence-corrected chi connectivity index (χ4v) is 3.88. The van der Waals surface area contributed by atoms with Gasteiger partial charge in [0.15, 0.2) is 0 Å². The van der Waals surface area contributed by atoms with E-state index >= 15 is 0 Å². The van der Waals surface area contributed by atoms with Crippen molar-refractivity contribution in [3.05, 3.63) is 30.5 Å². The molecule has 1 aromatic heterocycles. The predicted octanol–water partition coefficient (Wildman–Crippen LogP) is 1.72. The minimum atomic E-state index is -2.59. The molecule has 142 valence electrons. The van der Waals surface area contributed by atoms with Gasteiger partial charge in [0.05, 0.1) is 12.6 Å². The molecule has 26 heavy (non-hydrogen) atoms. The van der Waals surface area contributed by atoms with Crippen LogP contribution in [0.4, 0.5) is 5.69 Å². The third kappa shape index (κ3) is 4.44. The quantitative estimate of drug-likeness (QED) is 0.503. The summed E-state index contributed by atoms with van der Waals surface area (Å²) in [6.45, 7) is 4.79. The number of benzene rings is 1. The molecule has 1 atom stereocenters. The largest absolute Gasteiger partial charge is 0.497 e. The van der Waals surface area contributed by atoms with Gasteiger partial charge in [0, 0.05) is 43.0 Å². The van der Waals surface area contributed by atoms with Crippen LogP contribution in [0, 0.1) is 11.8 Å². The average molecular weight is 378 g/mol. The van der Waals surface area contributed by atoms with E-state index in [1.165, 1.54) is 5.69 Å². The summed E-state index contributed by atoms with van der Waals surface area (Å²) in [4.78, 5) is 9.14. The fourth-order valence-electron chi connectivity index (χ4n) is 3.66. The molecule has 3 rings (SSSR count). The first-order valence-corrected chi connectivity index (χ1v) is 10.1. The zero-order chi connectivity index (χ0) is 18.5. The zero-order valence-corrected chi connectivity index (χ0v) is 16.0. The van der Waals surface area contributed by atoms with Crippen LogP contribution in [0.15, 0.2) is 30.5 Å². The summed E-state index contributed by atoms with van der Waals surface area (Å²) < 4.78 is 26.4. The van der Waals surface area contributed by atoms with Gasteiger partial charge in [0.1, 0.15) is 5.75 Å². The monoisotopic (exact) mass is 378 g/mol. The Morgan fingerprint density at radius 1 is 1.31 bits per heavy atom. The summed E-state index contributed by atoms with van der Waals surface area (Å²) in [6.07, 6.45) is 4.03. The SMILES string of the molecule is COc1ccc2c(N3CCC(C(C)CNN[SH](=O)=O)CC3)ccnc2c1. The molecule has 2 N–H and O–H groups in total. The van der Waals surface area contributed by atoms with Gasteiger partial charge in [-0.3, -0.25) is 4.98 Å². The Hall–Kier alpha value is -1.90. The Labute approximate surface area is 155 Å². The molecule has 0 amide bonds. The fraction of sp³-hybridized carbons (Fsp3) is 0.500. The van der Waals surface area contributed by atoms with Crippen LogP contribution in [-0.2, 0) is 10.9 Å². The first-order chi connectivity index (χ1) is 12.6. The number of thiol groups is 1. The van der Waals surface area contributed by atoms with Crippen LogP contribution in [0.3, 0.4) is 0 Å². The van der Waals surface area contributed by atoms with Crippen molar-refractivity contribution in [2.75, 3.05) is 31.6 Å². The van der Waals surface area contributed by atoms with Gasteiger partial charge < -0.3 is 9.64 Å². The molecule has 1 fully saturated rings. The highest BCUT2D eigenvalue weighted by atomic mass is 32.2. The lowest BCUT2D eigenvalue weighted by molar-refractivity contribution is 0.281. The van der Waals surface area contributed by atoms with E-state index in [2.05, 4.69) is 39.2 Å². The molecule has 1 aliphatic rings. The number of hydrazine groups is 1. The number of pyridine rings is 1. The lowest BCUT2D eigenvalue weighted by Gasteiger charge is -2.36. The third-order valence-electron chi connectivity index (χ3n) is 5.21. The molecule has 8 heteroatoms. The molecule has 2 heterocycles. The van der Waals surface area contributed by atoms with Crippen LogP contribution in [-0.4, -0.2) is 40.1 Å². The zero-order valence-electron chi connectivity index (χ0n) is 15.1. The Kier molecular flexibility index (Phi) is 6.29. The lowest BCUT2D eigenvalue weighted by atomic mass is 9.85. The van der Waals surface area contributed by atoms with Gasteiger partial charge in [-0.2, -0.15) is 4.83 Å². The van der Waals surface area contributed by atoms with Crippen molar-refractivity contribution in [2.45, 2.75) is 19.8 Å². The first kappa shape index (κ1) is 18.9. The number of aromatic nitrogens is 1. The maximum Gasteiger partial charge on any atom is 0.214 e. The molecule has 0 radical (unpaired) electrons. The summed E-state index contributed by atoms with van der Waals surface area (Å²) in [5.74, 6) is 1.81. The van der Waals surface area contributed by atoms with Gasteiger partial charge in [-0.15, -0.1) is 0 Å². The Balaban J connectivity index is 1.64. The highest BCUT2D eigenvalue weighted by Crippen LogP contribution is 2.32. The Morgan fingerprint density at radius 3 is 2.77 bits per heavy atom. The predicted molar refractivity (Wildman–Crippen MR) is 104 cm³/mol. The highest BCUT2D eigenvalue weighted by molar-refractivity contribution is 7.70. The van der Waals surface area contributed by atoms with E-state index in [0.717, 1.165) is 42.6 Å². The standard InChI is InChI=1S/C18H26N4O3S/c1-13(12-20-21-26(23)24)14-6-9-22(10-7-14)18-5-8-19-17-11-15(25-2)3-4-16(17)18/h3-5,8,11,13-14,20,26H,6-7,9-10,12H2,1-2H3,(H,21,23,24). The van der Waals surface area contributed by atoms with Crippen LogP contribution in [0.1, 0.15) is 19.8 Å². The van der Waals surface area contributed by atoms with Gasteiger partial charge in [-0.1, -0.05) is 6.92 Å². The molecule has 1 saturated heterocycles. The molecule has 2 aromatic rings. The molecule has 1 aromatic carbocycles. The van der Waals surface area contributed by atoms with Gasteiger partial charge in [0.2, 0.25) is 10.9 Å². The smallest absolute Gasteiger partial charge is 0.214 e. The van der Waals surface area contributed by atoms with Crippen molar-refractivity contribution in [3.63, 3.8) is 0 Å². The number of anilines is 1. The van der Waals surface area contributed by atoms with Crippen LogP contribution in [0.25, 0.3) is 10.9 Å². The maximum atomic E-state index is 10.5. The summed E-state index contributed by atoms with van der Waals surface area (Å²) >= 11 is 0. The van der Waals surface area contributed by atoms with Crippen molar-refractivity contribution in [3.8, 4) is 5.75 Å². The number of hydrogen-bond donors (Lipinski definition) is 3. The molecule has 7 nitrogen and oxygen atoms in total. The number of methoxy groups -OCH3 is 1. The molecule has 0 aliphatic carbocycles. The first-order valence-electron chi connectivity index (χ1n) is 8.89. The Morgan fingerprint density at radius 2 is 2.08 bits per heavy atom. The number of rotatable bonds is 7. The second-order valence-corrected chi connectivity index (χ2v) is 7.50. The van der Waals surface area contributed by atoms with Crippen LogP contribution in [0.2, 0.25) is 0 Å². The summed E-state index contributed by atoms with van der Waals surface area (Å²) in [5, 5.41) is 1.14. The molecule has 0 bridgehead atoms. The van der Waals surface area contributed by atoms with Gasteiger partial charge in [-0.25, -0.2) is 13.8 Å². The second kappa shape index (κ2) is 8.66. The van der Waals surface area contributed by atoms with E-state index < -0.39 is 10.9 Å². The van der Waals surface area contributed by atoms with Gasteiger partial charge >= 0.3 is 0 Å². The maximum absolute atomic E-state index is 10.5. The van der Waals surface area contributed by atoms with E-state index in [0.29, 0.717) is 18.4 Å². The topological polar surface area (TPSA) is 83.6 Å². The van der Waals surface area contributed by atoms with E-state index in [4.69, 9.17) is 4.74 Å². The average Bonchev–Trinajstić information content (AvgIpc) is 2.66. The number of nitrogens with one attached hydrogen (secondary N) is 2. The number of hydrogen-bond acceptors (Lipinski definition) is 6. The van der Waals surface area contributed by atoms with Crippen molar-refractivity contribution in [1.29, 1.82) is 0 Å². The highest BCUT2D eigenvalue weighted by Gasteiger charge is 2.24. The number of nitrogens with zero attached hydrogens (tertiary/aromatic N) is 2. The van der Waals surface area contributed by atoms with Gasteiger partial charge in [0.25, 0.3) is 0 Å². The number of fused-ring (bicyclic) bond motifs is 1. The van der Waals surface area contributed by atoms with Crippen LogP contribution >= 0.6 is 0 Å². The van der Waals surface area contributed by atoms with Crippen molar-refractivity contribution in [1.82, 2.24) is 15.2 Å². The summed E-state index contributed by atoms with van der Waals surface area (Å²) in [6, 6.07) is 8.09. The molecule has 0 saturated carbocycles. The van der Waals surface area contributed by atoms with Crippen molar-refractivity contribution >= 4 is 27.5 Å². The van der Waals surface area contributed by atoms with Crippen molar-refractivity contribution in [2.24, 2.45) is 11.8 Å². The summed E-state index contributed by atoms with van der Waals surface area (Å²) in [7, 11) is -0.928.